The molecule has 0 aliphatic carbocycles. The van der Waals surface area contributed by atoms with E-state index in [0.29, 0.717) is 0 Å². The van der Waals surface area contributed by atoms with Crippen LogP contribution >= 0.6 is 0 Å². The van der Waals surface area contributed by atoms with Gasteiger partial charge in [-0.05, 0) is 98.0 Å². The average molecular weight is 813 g/mol. The van der Waals surface area contributed by atoms with Crippen LogP contribution in [-0.2, 0) is 16.1 Å². The van der Waals surface area contributed by atoms with Crippen LogP contribution in [0.5, 0.6) is 0 Å². The van der Waals surface area contributed by atoms with Crippen molar-refractivity contribution in [2.45, 2.75) is 76.0 Å². The zero-order chi connectivity index (χ0) is 41.1. The maximum Gasteiger partial charge on any atom is 0.245 e. The van der Waals surface area contributed by atoms with Gasteiger partial charge in [0.2, 0.25) is 11.8 Å². The number of nitrogens with one attached hydrogen (secondary N) is 2. The quantitative estimate of drug-likeness (QED) is 0.135. The van der Waals surface area contributed by atoms with Gasteiger partial charge in [-0.3, -0.25) is 19.4 Å². The summed E-state index contributed by atoms with van der Waals surface area (Å²) in [5.74, 6) is 2.24. The Balaban J connectivity index is 0.775. The summed E-state index contributed by atoms with van der Waals surface area (Å²) in [4.78, 5) is 54.0. The largest absolute Gasteiger partial charge is 0.340 e. The molecule has 0 bridgehead atoms. The molecule has 6 heterocycles. The summed E-state index contributed by atoms with van der Waals surface area (Å²) in [6, 6.07) is 37.7. The second-order valence-electron chi connectivity index (χ2n) is 17.5. The zero-order valence-electron chi connectivity index (χ0n) is 35.0. The van der Waals surface area contributed by atoms with Gasteiger partial charge in [-0.1, -0.05) is 116 Å². The SMILES string of the molecule is O=C([C@@H]1CCN(Cc2ccccc2)C1)N1CCC[C@H]1c1ncc(-c2ccc(-c3ccc(-c4cnc([C@@H]5CCCN5C(=O)[C@@H](c5ccccc5)N5CCCCC5)[nH]4)cc3)cc2)[nH]1. The summed E-state index contributed by atoms with van der Waals surface area (Å²) in [6.45, 7) is 6.13. The van der Waals surface area contributed by atoms with Gasteiger partial charge in [0.25, 0.3) is 0 Å². The minimum Gasteiger partial charge on any atom is -0.340 e. The molecule has 2 N–H and O–H groups in total. The van der Waals surface area contributed by atoms with Gasteiger partial charge < -0.3 is 19.8 Å². The van der Waals surface area contributed by atoms with Crippen molar-refractivity contribution in [1.82, 2.24) is 39.5 Å². The van der Waals surface area contributed by atoms with E-state index in [2.05, 4.69) is 114 Å². The van der Waals surface area contributed by atoms with Crippen LogP contribution in [0.2, 0.25) is 0 Å². The number of piperidine rings is 1. The highest BCUT2D eigenvalue weighted by Crippen LogP contribution is 2.38. The fourth-order valence-corrected chi connectivity index (χ4v) is 10.4. The third kappa shape index (κ3) is 8.31. The van der Waals surface area contributed by atoms with E-state index in [1.54, 1.807) is 0 Å². The van der Waals surface area contributed by atoms with E-state index < -0.39 is 0 Å². The summed E-state index contributed by atoms with van der Waals surface area (Å²) in [5, 5.41) is 0. The van der Waals surface area contributed by atoms with Crippen molar-refractivity contribution in [2.75, 3.05) is 39.3 Å². The average Bonchev–Trinajstić information content (AvgIpc) is 4.18. The van der Waals surface area contributed by atoms with Gasteiger partial charge in [0.1, 0.15) is 17.7 Å². The molecule has 2 aromatic heterocycles. The van der Waals surface area contributed by atoms with Crippen molar-refractivity contribution < 1.29 is 9.59 Å². The van der Waals surface area contributed by atoms with Gasteiger partial charge in [0.15, 0.2) is 0 Å². The summed E-state index contributed by atoms with van der Waals surface area (Å²) in [5.41, 5.74) is 8.69. The summed E-state index contributed by atoms with van der Waals surface area (Å²) >= 11 is 0. The number of nitrogens with zero attached hydrogens (tertiary/aromatic N) is 6. The van der Waals surface area contributed by atoms with Crippen LogP contribution in [0.4, 0.5) is 0 Å². The number of carbonyl (C=O) groups is 2. The number of amides is 2. The van der Waals surface area contributed by atoms with Crippen molar-refractivity contribution in [3.8, 4) is 33.6 Å². The maximum absolute atomic E-state index is 14.4. The van der Waals surface area contributed by atoms with Crippen LogP contribution in [-0.4, -0.2) is 90.6 Å². The lowest BCUT2D eigenvalue weighted by molar-refractivity contribution is -0.139. The number of hydrogen-bond acceptors (Lipinski definition) is 6. The molecule has 0 spiro atoms. The molecule has 0 unspecified atom stereocenters. The lowest BCUT2D eigenvalue weighted by atomic mass is 10.00. The van der Waals surface area contributed by atoms with E-state index in [1.165, 1.54) is 12.0 Å². The molecular formula is C51H56N8O2. The number of H-pyrrole nitrogens is 2. The Kier molecular flexibility index (Phi) is 11.4. The van der Waals surface area contributed by atoms with E-state index in [0.717, 1.165) is 142 Å². The topological polar surface area (TPSA) is 104 Å². The molecule has 6 aromatic rings. The van der Waals surface area contributed by atoms with Crippen molar-refractivity contribution in [2.24, 2.45) is 5.92 Å². The third-order valence-electron chi connectivity index (χ3n) is 13.6. The Bertz CT molecular complexity index is 2400. The Hall–Kier alpha value is -5.84. The first-order valence-electron chi connectivity index (χ1n) is 22.5. The van der Waals surface area contributed by atoms with Crippen LogP contribution in [0.15, 0.2) is 122 Å². The van der Waals surface area contributed by atoms with Crippen LogP contribution in [0.1, 0.15) is 92.3 Å². The molecule has 10 heteroatoms. The van der Waals surface area contributed by atoms with E-state index in [4.69, 9.17) is 9.97 Å². The van der Waals surface area contributed by atoms with Crippen LogP contribution < -0.4 is 0 Å². The zero-order valence-corrected chi connectivity index (χ0v) is 35.0. The number of aromatic nitrogens is 4. The molecular weight excluding hydrogens is 757 g/mol. The smallest absolute Gasteiger partial charge is 0.245 e. The van der Waals surface area contributed by atoms with Crippen molar-refractivity contribution in [1.29, 1.82) is 0 Å². The molecule has 10 nitrogen and oxygen atoms in total. The van der Waals surface area contributed by atoms with Gasteiger partial charge in [0, 0.05) is 26.2 Å². The maximum atomic E-state index is 14.4. The van der Waals surface area contributed by atoms with Gasteiger partial charge in [0.05, 0.1) is 41.8 Å². The Morgan fingerprint density at radius 3 is 1.72 bits per heavy atom. The molecule has 4 atom stereocenters. The first-order valence-corrected chi connectivity index (χ1v) is 22.5. The van der Waals surface area contributed by atoms with Crippen molar-refractivity contribution in [3.05, 3.63) is 144 Å². The van der Waals surface area contributed by atoms with E-state index >= 15 is 0 Å². The standard InChI is InChI=1S/C51H56N8O2/c60-50(42-26-31-56(35-42)34-36-12-4-1-5-13-36)58-29-10-16-45(58)48-52-32-43(54-48)39-22-18-37(19-23-39)38-20-24-40(25-21-38)44-33-53-49(55-44)46-17-11-30-59(46)51(61)47(41-14-6-2-7-15-41)57-27-8-3-9-28-57/h1-2,4-7,12-15,18-25,32-33,42,45-47H,3,8-11,16-17,26-31,34-35H2,(H,52,54)(H,53,55)/t42-,45+,46+,47-/m1/s1. The first-order chi connectivity index (χ1) is 30.1. The number of likely N-dealkylation sites (tertiary alicyclic amines) is 4. The number of rotatable bonds is 11. The van der Waals surface area contributed by atoms with Crippen LogP contribution in [0.25, 0.3) is 33.6 Å². The first kappa shape index (κ1) is 39.3. The van der Waals surface area contributed by atoms with Crippen LogP contribution in [0, 0.1) is 5.92 Å². The number of imidazole rings is 2. The predicted molar refractivity (Wildman–Crippen MR) is 239 cm³/mol. The molecule has 4 aromatic carbocycles. The van der Waals surface area contributed by atoms with Gasteiger partial charge in [-0.25, -0.2) is 9.97 Å². The van der Waals surface area contributed by atoms with Gasteiger partial charge >= 0.3 is 0 Å². The van der Waals surface area contributed by atoms with Crippen molar-refractivity contribution >= 4 is 11.8 Å². The highest BCUT2D eigenvalue weighted by Gasteiger charge is 2.40. The number of benzene rings is 4. The van der Waals surface area contributed by atoms with E-state index in [-0.39, 0.29) is 35.9 Å². The fourth-order valence-electron chi connectivity index (χ4n) is 10.4. The van der Waals surface area contributed by atoms with E-state index in [9.17, 15) is 9.59 Å². The summed E-state index contributed by atoms with van der Waals surface area (Å²) in [6.07, 6.45) is 12.0. The van der Waals surface area contributed by atoms with E-state index in [1.807, 2.05) is 36.7 Å². The highest BCUT2D eigenvalue weighted by atomic mass is 16.2. The molecule has 4 aliphatic rings. The molecule has 0 saturated carbocycles. The minimum atomic E-state index is -0.255. The lowest BCUT2D eigenvalue weighted by Gasteiger charge is -2.37. The van der Waals surface area contributed by atoms with Gasteiger partial charge in [-0.15, -0.1) is 0 Å². The molecule has 0 radical (unpaired) electrons. The summed E-state index contributed by atoms with van der Waals surface area (Å²) in [7, 11) is 0. The molecule has 61 heavy (non-hydrogen) atoms. The Labute approximate surface area is 359 Å². The second kappa shape index (κ2) is 17.6. The Morgan fingerprint density at radius 2 is 1.11 bits per heavy atom. The number of carbonyl (C=O) groups excluding carboxylic acids is 2. The fraction of sp³-hybridized carbons (Fsp3) is 0.373. The predicted octanol–water partition coefficient (Wildman–Crippen LogP) is 9.21. The van der Waals surface area contributed by atoms with Gasteiger partial charge in [-0.2, -0.15) is 0 Å². The molecule has 4 saturated heterocycles. The Morgan fingerprint density at radius 1 is 0.574 bits per heavy atom. The highest BCUT2D eigenvalue weighted by molar-refractivity contribution is 5.84. The molecule has 4 fully saturated rings. The monoisotopic (exact) mass is 812 g/mol. The normalized spacial score (nSPS) is 21.6. The molecule has 312 valence electrons. The third-order valence-corrected chi connectivity index (χ3v) is 13.6. The molecule has 4 aliphatic heterocycles. The molecule has 2 amide bonds. The van der Waals surface area contributed by atoms with Crippen LogP contribution in [0.3, 0.4) is 0 Å². The van der Waals surface area contributed by atoms with Crippen molar-refractivity contribution in [3.63, 3.8) is 0 Å². The number of hydrogen-bond donors (Lipinski definition) is 2. The number of aromatic amines is 2. The molecule has 10 rings (SSSR count). The lowest BCUT2D eigenvalue weighted by Crippen LogP contribution is -2.44. The second-order valence-corrected chi connectivity index (χ2v) is 17.5. The minimum absolute atomic E-state index is 0.0100. The summed E-state index contributed by atoms with van der Waals surface area (Å²) < 4.78 is 0.